The van der Waals surface area contributed by atoms with Crippen LogP contribution >= 0.6 is 0 Å². The zero-order chi connectivity index (χ0) is 21.9. The Balaban J connectivity index is 1.93. The molecule has 156 valence electrons. The smallest absolute Gasteiger partial charge is 0.328 e. The van der Waals surface area contributed by atoms with Crippen LogP contribution in [0.3, 0.4) is 0 Å². The van der Waals surface area contributed by atoms with Crippen LogP contribution in [0.15, 0.2) is 59.8 Å². The first-order valence-corrected chi connectivity index (χ1v) is 10.7. The second kappa shape index (κ2) is 8.73. The van der Waals surface area contributed by atoms with E-state index in [0.29, 0.717) is 10.8 Å². The van der Waals surface area contributed by atoms with Gasteiger partial charge in [-0.25, -0.2) is 9.78 Å². The largest absolute Gasteiger partial charge is 0.610 e. The fourth-order valence-electron chi connectivity index (χ4n) is 2.80. The van der Waals surface area contributed by atoms with Crippen molar-refractivity contribution in [3.63, 3.8) is 0 Å². The summed E-state index contributed by atoms with van der Waals surface area (Å²) in [6.07, 6.45) is 3.13. The molecule has 0 aliphatic carbocycles. The molecule has 0 spiro atoms. The first kappa shape index (κ1) is 21.6. The SMILES string of the molecule is C[S+]([O-])c1ccc(COc2c(C(=O)NC(C)(C)C(=O)O)ccc3ccccc23)cn1. The standard InChI is InChI=1S/C22H22N2O5S/c1-22(2,21(26)27)24-20(25)17-10-9-15-6-4-5-7-16(15)19(17)29-13-14-8-11-18(23-12-14)30(3)28/h4-12H,13H2,1-3H3,(H,24,25)(H,26,27). The van der Waals surface area contributed by atoms with Crippen molar-refractivity contribution in [2.45, 2.75) is 31.0 Å². The third kappa shape index (κ3) is 4.72. The highest BCUT2D eigenvalue weighted by molar-refractivity contribution is 7.90. The Morgan fingerprint density at radius 3 is 2.53 bits per heavy atom. The number of rotatable bonds is 7. The number of carboxylic acid groups (broad SMARTS) is 1. The van der Waals surface area contributed by atoms with Gasteiger partial charge in [-0.2, -0.15) is 0 Å². The predicted octanol–water partition coefficient (Wildman–Crippen LogP) is 3.14. The van der Waals surface area contributed by atoms with Crippen molar-refractivity contribution < 1.29 is 24.0 Å². The van der Waals surface area contributed by atoms with Crippen molar-refractivity contribution in [1.29, 1.82) is 0 Å². The molecular weight excluding hydrogens is 404 g/mol. The van der Waals surface area contributed by atoms with Crippen LogP contribution in [0.5, 0.6) is 5.75 Å². The van der Waals surface area contributed by atoms with Gasteiger partial charge in [-0.05, 0) is 31.4 Å². The molecule has 8 heteroatoms. The molecule has 1 aromatic heterocycles. The van der Waals surface area contributed by atoms with Gasteiger partial charge >= 0.3 is 5.97 Å². The van der Waals surface area contributed by atoms with Crippen molar-refractivity contribution in [1.82, 2.24) is 10.3 Å². The van der Waals surface area contributed by atoms with Crippen LogP contribution < -0.4 is 10.1 Å². The number of benzene rings is 2. The van der Waals surface area contributed by atoms with Gasteiger partial charge in [0.05, 0.1) is 5.56 Å². The summed E-state index contributed by atoms with van der Waals surface area (Å²) in [4.78, 5) is 28.4. The molecular formula is C22H22N2O5S. The Kier molecular flexibility index (Phi) is 6.28. The minimum Gasteiger partial charge on any atom is -0.610 e. The number of carboxylic acids is 1. The topological polar surface area (TPSA) is 112 Å². The minimum atomic E-state index is -1.43. The number of hydrogen-bond acceptors (Lipinski definition) is 5. The Hall–Kier alpha value is -3.10. The van der Waals surface area contributed by atoms with Crippen molar-refractivity contribution in [3.8, 4) is 5.75 Å². The van der Waals surface area contributed by atoms with Crippen molar-refractivity contribution in [3.05, 3.63) is 65.9 Å². The molecule has 2 aromatic carbocycles. The summed E-state index contributed by atoms with van der Waals surface area (Å²) in [5, 5.41) is 13.9. The Morgan fingerprint density at radius 1 is 1.17 bits per heavy atom. The van der Waals surface area contributed by atoms with Crippen LogP contribution in [-0.4, -0.2) is 38.3 Å². The Morgan fingerprint density at radius 2 is 1.90 bits per heavy atom. The van der Waals surface area contributed by atoms with Gasteiger partial charge in [0.2, 0.25) is 5.03 Å². The van der Waals surface area contributed by atoms with E-state index in [4.69, 9.17) is 4.74 Å². The molecule has 30 heavy (non-hydrogen) atoms. The number of fused-ring (bicyclic) bond motifs is 1. The van der Waals surface area contributed by atoms with Crippen molar-refractivity contribution in [2.75, 3.05) is 6.26 Å². The lowest BCUT2D eigenvalue weighted by Gasteiger charge is -2.22. The van der Waals surface area contributed by atoms with E-state index in [0.717, 1.165) is 16.3 Å². The van der Waals surface area contributed by atoms with Gasteiger partial charge in [-0.3, -0.25) is 4.79 Å². The maximum atomic E-state index is 12.9. The summed E-state index contributed by atoms with van der Waals surface area (Å²) >= 11 is -1.17. The van der Waals surface area contributed by atoms with E-state index >= 15 is 0 Å². The van der Waals surface area contributed by atoms with Crippen LogP contribution in [-0.2, 0) is 22.6 Å². The lowest BCUT2D eigenvalue weighted by Crippen LogP contribution is -2.49. The number of hydrogen-bond donors (Lipinski definition) is 2. The third-order valence-corrected chi connectivity index (χ3v) is 5.39. The Bertz CT molecular complexity index is 1080. The van der Waals surface area contributed by atoms with Crippen LogP contribution in [0, 0.1) is 0 Å². The molecule has 0 fully saturated rings. The molecule has 0 radical (unpaired) electrons. The molecule has 1 amide bonds. The highest BCUT2D eigenvalue weighted by Gasteiger charge is 2.30. The maximum absolute atomic E-state index is 12.9. The summed E-state index contributed by atoms with van der Waals surface area (Å²) in [7, 11) is 0. The van der Waals surface area contributed by atoms with E-state index in [1.807, 2.05) is 24.3 Å². The molecule has 0 bridgehead atoms. The number of aromatic nitrogens is 1. The van der Waals surface area contributed by atoms with Crippen LogP contribution in [0.1, 0.15) is 29.8 Å². The summed E-state index contributed by atoms with van der Waals surface area (Å²) in [6.45, 7) is 2.97. The summed E-state index contributed by atoms with van der Waals surface area (Å²) < 4.78 is 17.5. The van der Waals surface area contributed by atoms with Gasteiger partial charge in [0.15, 0.2) is 0 Å². The average molecular weight is 426 g/mol. The van der Waals surface area contributed by atoms with Crippen molar-refractivity contribution >= 4 is 33.8 Å². The predicted molar refractivity (Wildman–Crippen MR) is 114 cm³/mol. The van der Waals surface area contributed by atoms with Gasteiger partial charge in [0.25, 0.3) is 5.91 Å². The summed E-state index contributed by atoms with van der Waals surface area (Å²) in [5.41, 5.74) is -0.452. The molecule has 0 aliphatic rings. The van der Waals surface area contributed by atoms with E-state index in [9.17, 15) is 19.2 Å². The minimum absolute atomic E-state index is 0.139. The molecule has 0 saturated carbocycles. The monoisotopic (exact) mass is 426 g/mol. The van der Waals surface area contributed by atoms with E-state index in [2.05, 4.69) is 10.3 Å². The summed E-state index contributed by atoms with van der Waals surface area (Å²) in [5.74, 6) is -1.33. The first-order chi connectivity index (χ1) is 14.2. The number of carbonyl (C=O) groups is 2. The number of nitrogens with one attached hydrogen (secondary N) is 1. The molecule has 1 atom stereocenters. The van der Waals surface area contributed by atoms with Crippen molar-refractivity contribution in [2.24, 2.45) is 0 Å². The fourth-order valence-corrected chi connectivity index (χ4v) is 3.26. The third-order valence-electron chi connectivity index (χ3n) is 4.56. The van der Waals surface area contributed by atoms with E-state index in [1.54, 1.807) is 36.7 Å². The number of ether oxygens (including phenoxy) is 1. The van der Waals surface area contributed by atoms with Gasteiger partial charge < -0.3 is 19.7 Å². The number of nitrogens with zero attached hydrogens (tertiary/aromatic N) is 1. The van der Waals surface area contributed by atoms with E-state index in [1.165, 1.54) is 13.8 Å². The fraction of sp³-hybridized carbons (Fsp3) is 0.227. The Labute approximate surface area is 177 Å². The molecule has 7 nitrogen and oxygen atoms in total. The second-order valence-corrected chi connectivity index (χ2v) is 8.62. The van der Waals surface area contributed by atoms with Crippen LogP contribution in [0.2, 0.25) is 0 Å². The lowest BCUT2D eigenvalue weighted by atomic mass is 10.0. The second-order valence-electron chi connectivity index (χ2n) is 7.30. The molecule has 0 saturated heterocycles. The van der Waals surface area contributed by atoms with Crippen LogP contribution in [0.25, 0.3) is 10.8 Å². The number of carbonyl (C=O) groups excluding carboxylic acids is 1. The quantitative estimate of drug-likeness (QED) is 0.562. The van der Waals surface area contributed by atoms with Gasteiger partial charge in [0, 0.05) is 34.4 Å². The molecule has 0 aliphatic heterocycles. The molecule has 1 unspecified atom stereocenters. The van der Waals surface area contributed by atoms with E-state index in [-0.39, 0.29) is 12.2 Å². The highest BCUT2D eigenvalue weighted by atomic mass is 32.2. The van der Waals surface area contributed by atoms with Gasteiger partial charge in [-0.1, -0.05) is 30.3 Å². The molecule has 3 aromatic rings. The first-order valence-electron chi connectivity index (χ1n) is 9.18. The number of amides is 1. The average Bonchev–Trinajstić information content (AvgIpc) is 2.71. The van der Waals surface area contributed by atoms with Crippen LogP contribution in [0.4, 0.5) is 0 Å². The maximum Gasteiger partial charge on any atom is 0.328 e. The van der Waals surface area contributed by atoms with E-state index < -0.39 is 28.6 Å². The lowest BCUT2D eigenvalue weighted by molar-refractivity contribution is -0.143. The molecule has 1 heterocycles. The zero-order valence-corrected chi connectivity index (χ0v) is 17.7. The molecule has 2 N–H and O–H groups in total. The summed E-state index contributed by atoms with van der Waals surface area (Å²) in [6, 6.07) is 14.3. The van der Waals surface area contributed by atoms with Gasteiger partial charge in [-0.15, -0.1) is 0 Å². The normalized spacial score (nSPS) is 12.4. The molecule has 3 rings (SSSR count). The van der Waals surface area contributed by atoms with Gasteiger partial charge in [0.1, 0.15) is 24.2 Å². The highest BCUT2D eigenvalue weighted by Crippen LogP contribution is 2.31. The zero-order valence-electron chi connectivity index (χ0n) is 16.8. The number of pyridine rings is 1. The number of aliphatic carboxylic acids is 1.